The van der Waals surface area contributed by atoms with E-state index in [2.05, 4.69) is 33.9 Å². The minimum atomic E-state index is -2.51. The second-order valence-electron chi connectivity index (χ2n) is 15.8. The van der Waals surface area contributed by atoms with E-state index in [9.17, 15) is 5.11 Å². The Morgan fingerprint density at radius 2 is 0.982 bits per heavy atom. The van der Waals surface area contributed by atoms with Crippen LogP contribution in [-0.4, -0.2) is 19.5 Å². The Hall–Kier alpha value is -5.41. The fourth-order valence-electron chi connectivity index (χ4n) is 6.06. The van der Waals surface area contributed by atoms with Crippen molar-refractivity contribution in [2.45, 2.75) is 84.0 Å². The molecule has 0 bridgehead atoms. The highest BCUT2D eigenvalue weighted by molar-refractivity contribution is 6.74. The normalized spacial score (nSPS) is 12.8. The van der Waals surface area contributed by atoms with Crippen molar-refractivity contribution in [1.82, 2.24) is 0 Å². The van der Waals surface area contributed by atoms with Gasteiger partial charge in [0.15, 0.2) is 19.8 Å². The van der Waals surface area contributed by atoms with E-state index >= 15 is 4.39 Å². The van der Waals surface area contributed by atoms with E-state index in [1.165, 1.54) is 6.07 Å². The van der Waals surface area contributed by atoms with Crippen LogP contribution in [0.25, 0.3) is 0 Å². The molecule has 6 rings (SSSR count). The molecular weight excluding hydrogens is 732 g/mol. The zero-order chi connectivity index (χ0) is 40.3. The average Bonchev–Trinajstić information content (AvgIpc) is 3.22. The first-order chi connectivity index (χ1) is 27.4. The van der Waals surface area contributed by atoms with E-state index in [0.29, 0.717) is 41.8 Å². The second-order valence-corrected chi connectivity index (χ2v) is 20.5. The van der Waals surface area contributed by atoms with Crippen LogP contribution in [-0.2, 0) is 37.3 Å². The lowest BCUT2D eigenvalue weighted by molar-refractivity contribution is 0.0257. The predicted octanol–water partition coefficient (Wildman–Crippen LogP) is 11.8. The molecule has 0 aliphatic carbocycles. The number of halogens is 1. The summed E-state index contributed by atoms with van der Waals surface area (Å²) < 4.78 is 48.5. The van der Waals surface area contributed by atoms with Crippen LogP contribution in [0.5, 0.6) is 23.0 Å². The van der Waals surface area contributed by atoms with E-state index in [1.807, 2.05) is 140 Å². The van der Waals surface area contributed by atoms with Crippen molar-refractivity contribution in [3.8, 4) is 23.0 Å². The number of benzene rings is 6. The highest BCUT2D eigenvalue weighted by Gasteiger charge is 2.41. The molecule has 0 radical (unpaired) electrons. The molecule has 0 spiro atoms. The van der Waals surface area contributed by atoms with Gasteiger partial charge in [-0.25, -0.2) is 4.39 Å². The molecule has 1 N–H and O–H groups in total. The summed E-state index contributed by atoms with van der Waals surface area (Å²) in [6.45, 7) is 11.9. The molecule has 296 valence electrons. The summed E-state index contributed by atoms with van der Waals surface area (Å²) in [4.78, 5) is 0. The molecule has 6 nitrogen and oxygen atoms in total. The Morgan fingerprint density at radius 3 is 1.46 bits per heavy atom. The lowest BCUT2D eigenvalue weighted by atomic mass is 9.97. The van der Waals surface area contributed by atoms with Crippen molar-refractivity contribution in [2.24, 2.45) is 0 Å². The van der Waals surface area contributed by atoms with Crippen LogP contribution in [0.2, 0.25) is 18.1 Å². The van der Waals surface area contributed by atoms with Crippen LogP contribution in [0.4, 0.5) is 4.39 Å². The molecule has 0 aromatic heterocycles. The Labute approximate surface area is 337 Å². The molecule has 0 saturated heterocycles. The van der Waals surface area contributed by atoms with Crippen molar-refractivity contribution in [2.75, 3.05) is 0 Å². The summed E-state index contributed by atoms with van der Waals surface area (Å²) in [5.74, 6) is 1.17. The molecule has 6 aromatic carbocycles. The summed E-state index contributed by atoms with van der Waals surface area (Å²) >= 11 is 0. The van der Waals surface area contributed by atoms with Gasteiger partial charge in [0.25, 0.3) is 0 Å². The molecule has 57 heavy (non-hydrogen) atoms. The molecule has 0 saturated carbocycles. The van der Waals surface area contributed by atoms with Crippen LogP contribution in [0.1, 0.15) is 60.3 Å². The number of ether oxygens (including phenoxy) is 4. The van der Waals surface area contributed by atoms with Crippen LogP contribution < -0.4 is 18.9 Å². The van der Waals surface area contributed by atoms with Gasteiger partial charge >= 0.3 is 0 Å². The number of hydrogen-bond acceptors (Lipinski definition) is 6. The molecule has 0 fully saturated rings. The molecule has 0 amide bonds. The SMILES string of the molecule is CC(C)(C)[Si](C)(C)O[C@H](c1ccc(OCc2ccccc2)c(OCc2ccccc2)c1)[C@H](O)Cc1c(F)cc(OCc2ccccc2)cc1OCc1ccccc1. The smallest absolute Gasteiger partial charge is 0.193 e. The summed E-state index contributed by atoms with van der Waals surface area (Å²) in [6.07, 6.45) is -2.08. The fraction of sp³-hybridized carbons (Fsp3) is 0.265. The van der Waals surface area contributed by atoms with Crippen molar-refractivity contribution in [1.29, 1.82) is 0 Å². The standard InChI is InChI=1S/C49H53FO6Si/c1-49(2,3)57(4,5)56-48(40-26-27-45(53-33-37-20-12-7-13-21-37)47(28-40)55-35-39-24-16-9-17-25-39)44(51)31-42-43(50)29-41(52-32-36-18-10-6-11-19-36)30-46(42)54-34-38-22-14-8-15-23-38/h6-30,44,48,51H,31-35H2,1-5H3/t44-,48-/m1/s1. The van der Waals surface area contributed by atoms with E-state index in [1.54, 1.807) is 6.07 Å². The Kier molecular flexibility index (Phi) is 13.9. The molecule has 0 heterocycles. The third-order valence-electron chi connectivity index (χ3n) is 10.4. The third kappa shape index (κ3) is 11.6. The Bertz CT molecular complexity index is 2140. The van der Waals surface area contributed by atoms with Gasteiger partial charge < -0.3 is 28.5 Å². The predicted molar refractivity (Wildman–Crippen MR) is 227 cm³/mol. The molecule has 0 unspecified atom stereocenters. The molecule has 0 aliphatic rings. The number of aliphatic hydroxyl groups excluding tert-OH is 1. The van der Waals surface area contributed by atoms with E-state index < -0.39 is 26.3 Å². The van der Waals surface area contributed by atoms with Crippen LogP contribution in [0.3, 0.4) is 0 Å². The van der Waals surface area contributed by atoms with Gasteiger partial charge in [-0.05, 0) is 58.1 Å². The molecule has 6 aromatic rings. The molecule has 2 atom stereocenters. The topological polar surface area (TPSA) is 66.4 Å². The summed E-state index contributed by atoms with van der Waals surface area (Å²) in [6, 6.07) is 48.0. The highest BCUT2D eigenvalue weighted by Crippen LogP contribution is 2.43. The fourth-order valence-corrected chi connectivity index (χ4v) is 7.34. The number of hydrogen-bond donors (Lipinski definition) is 1. The van der Waals surface area contributed by atoms with Gasteiger partial charge in [0.05, 0.1) is 12.2 Å². The first-order valence-electron chi connectivity index (χ1n) is 19.4. The van der Waals surface area contributed by atoms with Crippen LogP contribution >= 0.6 is 0 Å². The maximum Gasteiger partial charge on any atom is 0.193 e. The number of rotatable bonds is 18. The van der Waals surface area contributed by atoms with Crippen molar-refractivity contribution in [3.63, 3.8) is 0 Å². The van der Waals surface area contributed by atoms with E-state index in [0.717, 1.165) is 22.3 Å². The second kappa shape index (κ2) is 19.2. The summed E-state index contributed by atoms with van der Waals surface area (Å²) in [5, 5.41) is 12.1. The third-order valence-corrected chi connectivity index (χ3v) is 14.8. The average molecular weight is 785 g/mol. The van der Waals surface area contributed by atoms with Crippen LogP contribution in [0, 0.1) is 5.82 Å². The zero-order valence-corrected chi connectivity index (χ0v) is 34.5. The Balaban J connectivity index is 1.34. The lowest BCUT2D eigenvalue weighted by Crippen LogP contribution is -2.44. The molecular formula is C49H53FO6Si. The van der Waals surface area contributed by atoms with Gasteiger partial charge in [-0.1, -0.05) is 148 Å². The van der Waals surface area contributed by atoms with Crippen molar-refractivity contribution >= 4 is 8.32 Å². The maximum atomic E-state index is 16.4. The maximum absolute atomic E-state index is 16.4. The van der Waals surface area contributed by atoms with E-state index in [-0.39, 0.29) is 30.2 Å². The highest BCUT2D eigenvalue weighted by atomic mass is 28.4. The molecule has 8 heteroatoms. The van der Waals surface area contributed by atoms with Gasteiger partial charge in [-0.2, -0.15) is 0 Å². The van der Waals surface area contributed by atoms with E-state index in [4.69, 9.17) is 23.4 Å². The van der Waals surface area contributed by atoms with Gasteiger partial charge in [0.1, 0.15) is 43.7 Å². The molecule has 0 aliphatic heterocycles. The van der Waals surface area contributed by atoms with Gasteiger partial charge in [-0.15, -0.1) is 0 Å². The Morgan fingerprint density at radius 1 is 0.544 bits per heavy atom. The lowest BCUT2D eigenvalue weighted by Gasteiger charge is -2.41. The van der Waals surface area contributed by atoms with Crippen molar-refractivity contribution < 1.29 is 32.9 Å². The monoisotopic (exact) mass is 784 g/mol. The van der Waals surface area contributed by atoms with Gasteiger partial charge in [-0.3, -0.25) is 0 Å². The van der Waals surface area contributed by atoms with Crippen molar-refractivity contribution in [3.05, 3.63) is 191 Å². The first-order valence-corrected chi connectivity index (χ1v) is 22.3. The quantitative estimate of drug-likeness (QED) is 0.0876. The minimum Gasteiger partial charge on any atom is -0.489 e. The summed E-state index contributed by atoms with van der Waals surface area (Å²) in [5.41, 5.74) is 4.83. The van der Waals surface area contributed by atoms with Gasteiger partial charge in [0, 0.05) is 24.1 Å². The zero-order valence-electron chi connectivity index (χ0n) is 33.5. The van der Waals surface area contributed by atoms with Crippen LogP contribution in [0.15, 0.2) is 152 Å². The minimum absolute atomic E-state index is 0.0827. The van der Waals surface area contributed by atoms with Gasteiger partial charge in [0.2, 0.25) is 0 Å². The first kappa shape index (κ1) is 41.2. The summed E-state index contributed by atoms with van der Waals surface area (Å²) in [7, 11) is -2.51. The largest absolute Gasteiger partial charge is 0.489 e. The number of aliphatic hydroxyl groups is 1.